The van der Waals surface area contributed by atoms with E-state index in [2.05, 4.69) is 4.90 Å². The Kier molecular flexibility index (Phi) is 10.2. The Balaban J connectivity index is 0.00000420. The number of benzene rings is 2. The van der Waals surface area contributed by atoms with Gasteiger partial charge in [0.05, 0.1) is 17.8 Å². The van der Waals surface area contributed by atoms with E-state index in [1.54, 1.807) is 40.7 Å². The first kappa shape index (κ1) is 30.2. The lowest BCUT2D eigenvalue weighted by Gasteiger charge is -2.37. The van der Waals surface area contributed by atoms with Gasteiger partial charge in [0, 0.05) is 48.7 Å². The summed E-state index contributed by atoms with van der Waals surface area (Å²) in [6.45, 7) is 7.11. The molecule has 1 aliphatic rings. The van der Waals surface area contributed by atoms with Gasteiger partial charge in [-0.25, -0.2) is 4.79 Å². The number of rotatable bonds is 8. The number of aryl methyl sites for hydroxylation is 2. The monoisotopic (exact) mass is 554 g/mol. The summed E-state index contributed by atoms with van der Waals surface area (Å²) in [5.74, 6) is -0.680. The van der Waals surface area contributed by atoms with Gasteiger partial charge < -0.3 is 24.0 Å². The van der Waals surface area contributed by atoms with Crippen molar-refractivity contribution in [2.45, 2.75) is 34.2 Å². The first-order valence-corrected chi connectivity index (χ1v) is 13.4. The van der Waals surface area contributed by atoms with Crippen LogP contribution in [0.1, 0.15) is 47.1 Å². The topological polar surface area (TPSA) is 75.1 Å². The van der Waals surface area contributed by atoms with E-state index in [0.29, 0.717) is 49.0 Å². The zero-order valence-electron chi connectivity index (χ0n) is 22.5. The van der Waals surface area contributed by atoms with Gasteiger partial charge in [-0.05, 0) is 77.3 Å². The summed E-state index contributed by atoms with van der Waals surface area (Å²) in [5, 5.41) is 1.42. The number of amides is 1. The molecule has 0 atom stereocenters. The van der Waals surface area contributed by atoms with Crippen LogP contribution in [0.2, 0.25) is 5.02 Å². The first-order valence-electron chi connectivity index (χ1n) is 13.0. The molecule has 0 spiro atoms. The molecule has 39 heavy (non-hydrogen) atoms. The smallest absolute Gasteiger partial charge is 0.345 e. The van der Waals surface area contributed by atoms with Gasteiger partial charge in [-0.15, -0.1) is 0 Å². The van der Waals surface area contributed by atoms with Crippen LogP contribution in [-0.4, -0.2) is 79.7 Å². The van der Waals surface area contributed by atoms with E-state index in [0.717, 1.165) is 29.4 Å². The van der Waals surface area contributed by atoms with Crippen LogP contribution in [0, 0.1) is 6.92 Å². The van der Waals surface area contributed by atoms with Crippen molar-refractivity contribution in [3.63, 3.8) is 0 Å². The van der Waals surface area contributed by atoms with Crippen molar-refractivity contribution in [3.8, 4) is 0 Å². The first-order chi connectivity index (χ1) is 18.2. The number of pyridine rings is 1. The number of ether oxygens (including phenoxy) is 1. The summed E-state index contributed by atoms with van der Waals surface area (Å²) < 4.78 is 7.08. The summed E-state index contributed by atoms with van der Waals surface area (Å²) in [6, 6.07) is 12.8. The second-order valence-electron chi connectivity index (χ2n) is 9.86. The number of carbonyl (C=O) groups excluding carboxylic acids is 2. The van der Waals surface area contributed by atoms with Gasteiger partial charge >= 0.3 is 5.97 Å². The summed E-state index contributed by atoms with van der Waals surface area (Å²) >= 11 is 5.98. The molecule has 0 aliphatic carbocycles. The second-order valence-corrected chi connectivity index (χ2v) is 10.3. The third-order valence-corrected chi connectivity index (χ3v) is 7.09. The molecule has 9 heteroatoms. The van der Waals surface area contributed by atoms with Crippen LogP contribution in [0.4, 0.5) is 5.69 Å². The van der Waals surface area contributed by atoms with Crippen molar-refractivity contribution in [2.24, 2.45) is 0 Å². The van der Waals surface area contributed by atoms with Crippen LogP contribution in [0.15, 0.2) is 47.3 Å². The fourth-order valence-electron chi connectivity index (χ4n) is 4.95. The molecule has 0 unspecified atom stereocenters. The zero-order chi connectivity index (χ0) is 27.4. The van der Waals surface area contributed by atoms with Gasteiger partial charge in [-0.1, -0.05) is 30.7 Å². The Bertz CT molecular complexity index is 1380. The molecule has 0 bridgehead atoms. The van der Waals surface area contributed by atoms with Crippen LogP contribution in [0.25, 0.3) is 10.9 Å². The van der Waals surface area contributed by atoms with Gasteiger partial charge in [0.25, 0.3) is 11.5 Å². The molecule has 4 rings (SSSR count). The molecule has 8 nitrogen and oxygen atoms in total. The van der Waals surface area contributed by atoms with Gasteiger partial charge in [0.1, 0.15) is 5.56 Å². The Morgan fingerprint density at radius 3 is 2.31 bits per heavy atom. The molecule has 1 fully saturated rings. The highest BCUT2D eigenvalue weighted by Crippen LogP contribution is 2.32. The van der Waals surface area contributed by atoms with E-state index in [4.69, 9.17) is 16.3 Å². The standard InChI is InChI=1S/C29H35ClN4O4.CH4/c1-5-38-29(37)25-26(32-15-17-33(18-16-32)27(35)21-8-10-22(30)11-9-21)23-19-20(2)7-12-24(23)34(28(25)36)14-6-13-31(3)4;/h7-12,19H,5-6,13-18H2,1-4H3;1H4. The number of hydrogen-bond donors (Lipinski definition) is 0. The lowest BCUT2D eigenvalue weighted by atomic mass is 10.0. The number of carbonyl (C=O) groups is 2. The maximum absolute atomic E-state index is 13.9. The lowest BCUT2D eigenvalue weighted by Crippen LogP contribution is -2.49. The summed E-state index contributed by atoms with van der Waals surface area (Å²) in [5.41, 5.74) is 2.72. The predicted octanol–water partition coefficient (Wildman–Crippen LogP) is 4.69. The van der Waals surface area contributed by atoms with Crippen molar-refractivity contribution in [1.82, 2.24) is 14.4 Å². The van der Waals surface area contributed by atoms with Crippen LogP contribution >= 0.6 is 11.6 Å². The summed E-state index contributed by atoms with van der Waals surface area (Å²) in [4.78, 5) is 46.0. The van der Waals surface area contributed by atoms with Crippen LogP contribution in [0.5, 0.6) is 0 Å². The van der Waals surface area contributed by atoms with E-state index in [9.17, 15) is 14.4 Å². The average molecular weight is 555 g/mol. The largest absolute Gasteiger partial charge is 0.462 e. The number of anilines is 1. The molecule has 0 N–H and O–H groups in total. The normalized spacial score (nSPS) is 13.5. The molecule has 3 aromatic rings. The average Bonchev–Trinajstić information content (AvgIpc) is 2.89. The maximum Gasteiger partial charge on any atom is 0.345 e. The minimum Gasteiger partial charge on any atom is -0.462 e. The number of halogens is 1. The Labute approximate surface area is 235 Å². The molecule has 1 amide bonds. The van der Waals surface area contributed by atoms with Crippen LogP contribution < -0.4 is 10.5 Å². The lowest BCUT2D eigenvalue weighted by molar-refractivity contribution is 0.0523. The molecule has 1 aromatic heterocycles. The Morgan fingerprint density at radius 1 is 1.03 bits per heavy atom. The minimum absolute atomic E-state index is 0. The molecular formula is C30H39ClN4O4. The molecule has 2 heterocycles. The molecular weight excluding hydrogens is 516 g/mol. The summed E-state index contributed by atoms with van der Waals surface area (Å²) in [7, 11) is 3.99. The van der Waals surface area contributed by atoms with Gasteiger partial charge in [-0.2, -0.15) is 0 Å². The maximum atomic E-state index is 13.9. The number of piperazine rings is 1. The van der Waals surface area contributed by atoms with Crippen molar-refractivity contribution >= 4 is 40.1 Å². The predicted molar refractivity (Wildman–Crippen MR) is 158 cm³/mol. The van der Waals surface area contributed by atoms with Gasteiger partial charge in [0.15, 0.2) is 0 Å². The molecule has 1 saturated heterocycles. The van der Waals surface area contributed by atoms with Crippen LogP contribution in [0.3, 0.4) is 0 Å². The minimum atomic E-state index is -0.614. The molecule has 2 aromatic carbocycles. The van der Waals surface area contributed by atoms with Crippen molar-refractivity contribution in [3.05, 3.63) is 74.5 Å². The third-order valence-electron chi connectivity index (χ3n) is 6.83. The quantitative estimate of drug-likeness (QED) is 0.376. The number of aromatic nitrogens is 1. The van der Waals surface area contributed by atoms with E-state index in [-0.39, 0.29) is 31.1 Å². The second kappa shape index (κ2) is 13.1. The van der Waals surface area contributed by atoms with Gasteiger partial charge in [-0.3, -0.25) is 9.59 Å². The van der Waals surface area contributed by atoms with E-state index >= 15 is 0 Å². The van der Waals surface area contributed by atoms with E-state index in [1.165, 1.54) is 0 Å². The van der Waals surface area contributed by atoms with E-state index in [1.807, 2.05) is 44.1 Å². The molecule has 1 aliphatic heterocycles. The van der Waals surface area contributed by atoms with Gasteiger partial charge in [0.2, 0.25) is 0 Å². The fraction of sp³-hybridized carbons (Fsp3) is 0.433. The SMILES string of the molecule is C.CCOC(=O)c1c(N2CCN(C(=O)c3ccc(Cl)cc3)CC2)c2cc(C)ccc2n(CCCN(C)C)c1=O. The fourth-order valence-corrected chi connectivity index (χ4v) is 5.07. The zero-order valence-corrected chi connectivity index (χ0v) is 23.3. The number of hydrogen-bond acceptors (Lipinski definition) is 6. The van der Waals surface area contributed by atoms with Crippen molar-refractivity contribution in [1.29, 1.82) is 0 Å². The highest BCUT2D eigenvalue weighted by molar-refractivity contribution is 6.30. The van der Waals surface area contributed by atoms with Crippen molar-refractivity contribution in [2.75, 3.05) is 58.3 Å². The Morgan fingerprint density at radius 2 is 1.69 bits per heavy atom. The summed E-state index contributed by atoms with van der Waals surface area (Å²) in [6.07, 6.45) is 0.767. The highest BCUT2D eigenvalue weighted by Gasteiger charge is 2.30. The number of esters is 1. The molecule has 0 radical (unpaired) electrons. The third kappa shape index (κ3) is 6.62. The highest BCUT2D eigenvalue weighted by atomic mass is 35.5. The number of nitrogens with zero attached hydrogens (tertiary/aromatic N) is 4. The van der Waals surface area contributed by atoms with E-state index < -0.39 is 5.97 Å². The molecule has 210 valence electrons. The Hall–Kier alpha value is -3.36. The van der Waals surface area contributed by atoms with Crippen molar-refractivity contribution < 1.29 is 14.3 Å². The molecule has 0 saturated carbocycles. The van der Waals surface area contributed by atoms with Crippen LogP contribution in [-0.2, 0) is 11.3 Å². The number of fused-ring (bicyclic) bond motifs is 1.